The summed E-state index contributed by atoms with van der Waals surface area (Å²) >= 11 is 0. The number of aliphatic imine (C=N–C) groups is 1. The van der Waals surface area contributed by atoms with Crippen molar-refractivity contribution in [3.8, 4) is 0 Å². The molecule has 3 fully saturated rings. The molecule has 7 rings (SSSR count). The van der Waals surface area contributed by atoms with Gasteiger partial charge >= 0.3 is 5.97 Å². The van der Waals surface area contributed by atoms with Crippen LogP contribution < -0.4 is 0 Å². The lowest BCUT2D eigenvalue weighted by Gasteiger charge is -2.49. The third-order valence-corrected chi connectivity index (χ3v) is 14.0. The molecule has 7 aliphatic rings. The van der Waals surface area contributed by atoms with Gasteiger partial charge in [-0.3, -0.25) is 4.99 Å². The monoisotopic (exact) mass is 691 g/mol. The fraction of sp³-hybridized carbons (Fsp3) is 0.762. The van der Waals surface area contributed by atoms with Gasteiger partial charge < -0.3 is 29.2 Å². The molecule has 0 amide bonds. The second-order valence-corrected chi connectivity index (χ2v) is 17.5. The summed E-state index contributed by atoms with van der Waals surface area (Å²) in [5.41, 5.74) is 5.21. The number of rotatable bonds is 1. The molecule has 0 radical (unpaired) electrons. The Morgan fingerprint density at radius 3 is 2.48 bits per heavy atom. The molecule has 276 valence electrons. The van der Waals surface area contributed by atoms with E-state index in [0.717, 1.165) is 69.9 Å². The summed E-state index contributed by atoms with van der Waals surface area (Å²) in [5, 5.41) is 23.4. The van der Waals surface area contributed by atoms with E-state index in [1.165, 1.54) is 22.4 Å². The third-order valence-electron chi connectivity index (χ3n) is 14.0. The molecule has 50 heavy (non-hydrogen) atoms. The summed E-state index contributed by atoms with van der Waals surface area (Å²) in [4.78, 5) is 18.0. The van der Waals surface area contributed by atoms with Gasteiger partial charge in [-0.15, -0.1) is 0 Å². The fourth-order valence-electron chi connectivity index (χ4n) is 10.5. The van der Waals surface area contributed by atoms with Crippen molar-refractivity contribution in [1.29, 1.82) is 0 Å². The van der Waals surface area contributed by atoms with Gasteiger partial charge in [-0.25, -0.2) is 4.79 Å². The first-order valence-electron chi connectivity index (χ1n) is 19.6. The van der Waals surface area contributed by atoms with Gasteiger partial charge in [-0.1, -0.05) is 37.6 Å². The standard InChI is InChI=1S/C42H61NO7/c1-25-9-8-10-37-40(23-28(4)29(5)24-43-37)15-13-33(36-21-27(3)38(45)47-36)30(6)34(40)20-26(2)35(44)22-32-12-16-41(48-32)17-18-42(50-41)39(7,46)14-11-31(19-25)49-42/h20-21,28-29,31-32,34-36,44,46H,1,8-19,22-24H2,2-7H3/b26-20+/t28-,29-,31-,32-,34?,35-,36?,39+,40+,41+,42+/m0/s1. The first-order valence-corrected chi connectivity index (χ1v) is 19.6. The van der Waals surface area contributed by atoms with Gasteiger partial charge in [0.05, 0.1) is 18.3 Å². The molecular weight excluding hydrogens is 630 g/mol. The Morgan fingerprint density at radius 1 is 0.940 bits per heavy atom. The highest BCUT2D eigenvalue weighted by Crippen LogP contribution is 2.56. The Bertz CT molecular complexity index is 1510. The topological polar surface area (TPSA) is 107 Å². The zero-order chi connectivity index (χ0) is 35.6. The van der Waals surface area contributed by atoms with E-state index >= 15 is 0 Å². The summed E-state index contributed by atoms with van der Waals surface area (Å²) in [5.74, 6) is -1.16. The van der Waals surface area contributed by atoms with E-state index in [4.69, 9.17) is 23.9 Å². The molecule has 0 aromatic heterocycles. The molecule has 1 aliphatic carbocycles. The van der Waals surface area contributed by atoms with Crippen LogP contribution in [0.15, 0.2) is 51.6 Å². The predicted octanol–water partition coefficient (Wildman–Crippen LogP) is 7.83. The number of nitrogens with zero attached hydrogens (tertiary/aromatic N) is 1. The molecule has 0 aromatic rings. The van der Waals surface area contributed by atoms with Gasteiger partial charge in [0, 0.05) is 54.8 Å². The van der Waals surface area contributed by atoms with E-state index in [9.17, 15) is 15.0 Å². The van der Waals surface area contributed by atoms with Crippen molar-refractivity contribution in [1.82, 2.24) is 0 Å². The highest BCUT2D eigenvalue weighted by molar-refractivity contribution is 5.92. The van der Waals surface area contributed by atoms with Crippen LogP contribution in [0, 0.1) is 23.2 Å². The Morgan fingerprint density at radius 2 is 1.72 bits per heavy atom. The van der Waals surface area contributed by atoms with Crippen molar-refractivity contribution >= 4 is 11.7 Å². The lowest BCUT2D eigenvalue weighted by molar-refractivity contribution is -0.387. The Balaban J connectivity index is 1.27. The number of esters is 1. The smallest absolute Gasteiger partial charge is 0.334 e. The maximum atomic E-state index is 12.5. The highest BCUT2D eigenvalue weighted by Gasteiger charge is 2.64. The zero-order valence-electron chi connectivity index (χ0n) is 31.4. The first-order chi connectivity index (χ1) is 23.6. The predicted molar refractivity (Wildman–Crippen MR) is 193 cm³/mol. The average molecular weight is 692 g/mol. The van der Waals surface area contributed by atoms with E-state index in [-0.39, 0.29) is 35.6 Å². The van der Waals surface area contributed by atoms with Crippen molar-refractivity contribution in [3.63, 3.8) is 0 Å². The molecule has 4 bridgehead atoms. The summed E-state index contributed by atoms with van der Waals surface area (Å²) in [6, 6.07) is 0. The SMILES string of the molecule is C=C1CCCC2=NC[C@H](C)[C@@H](C)C[C@@]23CCC(C2C=C(C)C(=O)O2)=C(C)C3/C=C(\C)[C@@H](O)C[C@@H]2CC[C@@]3(CC[C@@]4(O[C@@H](CC[C@@]4(C)O)C1)O3)O2. The lowest BCUT2D eigenvalue weighted by Crippen LogP contribution is -2.60. The average Bonchev–Trinajstić information content (AvgIpc) is 3.71. The van der Waals surface area contributed by atoms with Crippen LogP contribution >= 0.6 is 0 Å². The lowest BCUT2D eigenvalue weighted by atomic mass is 9.56. The maximum Gasteiger partial charge on any atom is 0.334 e. The maximum absolute atomic E-state index is 12.5. The van der Waals surface area contributed by atoms with Gasteiger partial charge in [0.1, 0.15) is 11.7 Å². The molecular formula is C42H61NO7. The second kappa shape index (κ2) is 13.4. The molecule has 6 aliphatic heterocycles. The van der Waals surface area contributed by atoms with E-state index in [1.807, 2.05) is 19.9 Å². The van der Waals surface area contributed by atoms with Crippen LogP contribution in [-0.2, 0) is 23.7 Å². The van der Waals surface area contributed by atoms with Crippen molar-refractivity contribution in [3.05, 3.63) is 46.6 Å². The summed E-state index contributed by atoms with van der Waals surface area (Å²) in [6.45, 7) is 18.0. The van der Waals surface area contributed by atoms with Crippen LogP contribution in [0.4, 0.5) is 0 Å². The van der Waals surface area contributed by atoms with E-state index in [0.29, 0.717) is 49.5 Å². The molecule has 0 aromatic carbocycles. The number of cyclic esters (lactones) is 1. The second-order valence-electron chi connectivity index (χ2n) is 17.5. The normalized spacial score (nSPS) is 47.0. The number of hydrogen-bond donors (Lipinski definition) is 2. The molecule has 3 saturated heterocycles. The number of carbonyl (C=O) groups excluding carboxylic acids is 1. The van der Waals surface area contributed by atoms with Crippen molar-refractivity contribution in [2.45, 2.75) is 173 Å². The van der Waals surface area contributed by atoms with Crippen molar-refractivity contribution < 1.29 is 34.0 Å². The number of allylic oxidation sites excluding steroid dienone is 2. The Hall–Kier alpha value is -2.10. The van der Waals surface area contributed by atoms with E-state index < -0.39 is 23.3 Å². The first kappa shape index (κ1) is 36.3. The van der Waals surface area contributed by atoms with Crippen LogP contribution in [-0.4, -0.2) is 70.0 Å². The number of hydrogen-bond acceptors (Lipinski definition) is 8. The van der Waals surface area contributed by atoms with Crippen molar-refractivity contribution in [2.75, 3.05) is 6.54 Å². The number of fused-ring (bicyclic) bond motifs is 2. The Labute approximate surface area is 299 Å². The molecule has 8 nitrogen and oxygen atoms in total. The van der Waals surface area contributed by atoms with E-state index in [1.54, 1.807) is 0 Å². The van der Waals surface area contributed by atoms with Gasteiger partial charge in [-0.2, -0.15) is 0 Å². The molecule has 3 spiro atoms. The number of aliphatic hydroxyl groups is 2. The van der Waals surface area contributed by atoms with Crippen LogP contribution in [0.25, 0.3) is 0 Å². The number of carbonyl (C=O) groups is 1. The minimum absolute atomic E-state index is 0.0226. The van der Waals surface area contributed by atoms with Gasteiger partial charge in [0.15, 0.2) is 5.79 Å². The molecule has 6 heterocycles. The van der Waals surface area contributed by atoms with E-state index in [2.05, 4.69) is 40.3 Å². The molecule has 0 saturated carbocycles. The minimum atomic E-state index is -1.11. The van der Waals surface area contributed by atoms with Crippen LogP contribution in [0.5, 0.6) is 0 Å². The zero-order valence-corrected chi connectivity index (χ0v) is 31.4. The molecule has 2 N–H and O–H groups in total. The van der Waals surface area contributed by atoms with Crippen LogP contribution in [0.2, 0.25) is 0 Å². The molecule has 2 unspecified atom stereocenters. The summed E-state index contributed by atoms with van der Waals surface area (Å²) < 4.78 is 26.1. The summed E-state index contributed by atoms with van der Waals surface area (Å²) in [7, 11) is 0. The van der Waals surface area contributed by atoms with Gasteiger partial charge in [-0.05, 0) is 121 Å². The quantitative estimate of drug-likeness (QED) is 0.213. The molecule has 8 heteroatoms. The van der Waals surface area contributed by atoms with Crippen LogP contribution in [0.1, 0.15) is 131 Å². The highest BCUT2D eigenvalue weighted by atomic mass is 16.8. The van der Waals surface area contributed by atoms with Crippen molar-refractivity contribution in [2.24, 2.45) is 28.2 Å². The molecule has 11 atom stereocenters. The van der Waals surface area contributed by atoms with Gasteiger partial charge in [0.2, 0.25) is 5.79 Å². The fourth-order valence-corrected chi connectivity index (χ4v) is 10.5. The number of aliphatic hydroxyl groups excluding tert-OH is 1. The van der Waals surface area contributed by atoms with Crippen LogP contribution in [0.3, 0.4) is 0 Å². The van der Waals surface area contributed by atoms with Gasteiger partial charge in [0.25, 0.3) is 0 Å². The number of ether oxygens (including phenoxy) is 4. The third kappa shape index (κ3) is 6.44. The Kier molecular flexibility index (Phi) is 9.71. The minimum Gasteiger partial charge on any atom is -0.450 e. The largest absolute Gasteiger partial charge is 0.450 e. The summed E-state index contributed by atoms with van der Waals surface area (Å²) in [6.07, 6.45) is 14.0.